The number of aromatic nitrogens is 1. The predicted molar refractivity (Wildman–Crippen MR) is 88.2 cm³/mol. The molecule has 1 aromatic heterocycles. The molecule has 0 aliphatic carbocycles. The van der Waals surface area contributed by atoms with Gasteiger partial charge in [0.15, 0.2) is 11.5 Å². The minimum Gasteiger partial charge on any atom is -0.503 e. The molecule has 10 heteroatoms. The van der Waals surface area contributed by atoms with Gasteiger partial charge in [-0.25, -0.2) is 0 Å². The van der Waals surface area contributed by atoms with Crippen LogP contribution in [0.1, 0.15) is 5.56 Å². The van der Waals surface area contributed by atoms with Crippen LogP contribution >= 0.6 is 11.6 Å². The van der Waals surface area contributed by atoms with Gasteiger partial charge in [-0.15, -0.1) is 0 Å². The van der Waals surface area contributed by atoms with Crippen molar-refractivity contribution in [2.24, 2.45) is 0 Å². The van der Waals surface area contributed by atoms with E-state index in [1.807, 2.05) is 0 Å². The lowest BCUT2D eigenvalue weighted by molar-refractivity contribution is -0.0588. The van der Waals surface area contributed by atoms with Gasteiger partial charge in [-0.3, -0.25) is 10.2 Å². The van der Waals surface area contributed by atoms with Crippen molar-refractivity contribution >= 4 is 23.1 Å². The number of alkyl halides is 3. The Labute approximate surface area is 144 Å². The van der Waals surface area contributed by atoms with Gasteiger partial charge >= 0.3 is 6.18 Å². The third kappa shape index (κ3) is 3.41. The first-order valence-electron chi connectivity index (χ1n) is 6.78. The highest BCUT2D eigenvalue weighted by atomic mass is 35.5. The summed E-state index contributed by atoms with van der Waals surface area (Å²) >= 11 is 6.05. The van der Waals surface area contributed by atoms with E-state index in [9.17, 15) is 23.1 Å². The van der Waals surface area contributed by atoms with Crippen LogP contribution in [0, 0.1) is 5.41 Å². The van der Waals surface area contributed by atoms with Crippen LogP contribution in [0.25, 0.3) is 11.3 Å². The monoisotopic (exact) mass is 375 g/mol. The van der Waals surface area contributed by atoms with E-state index in [0.717, 1.165) is 0 Å². The van der Waals surface area contributed by atoms with Crippen LogP contribution in [0.3, 0.4) is 0 Å². The molecule has 0 aliphatic heterocycles. The summed E-state index contributed by atoms with van der Waals surface area (Å²) in [7, 11) is 2.66. The molecule has 0 amide bonds. The Hall–Kier alpha value is -2.68. The molecule has 0 bridgehead atoms. The molecule has 25 heavy (non-hydrogen) atoms. The summed E-state index contributed by atoms with van der Waals surface area (Å²) in [4.78, 5) is 14.8. The Morgan fingerprint density at radius 2 is 2.04 bits per heavy atom. The fourth-order valence-electron chi connectivity index (χ4n) is 2.18. The number of anilines is 1. The van der Waals surface area contributed by atoms with Gasteiger partial charge in [0.2, 0.25) is 5.43 Å². The molecule has 2 rings (SSSR count). The Morgan fingerprint density at radius 3 is 2.56 bits per heavy atom. The number of methoxy groups -OCH3 is 1. The number of aromatic amines is 1. The van der Waals surface area contributed by atoms with Gasteiger partial charge in [0, 0.05) is 12.6 Å². The van der Waals surface area contributed by atoms with Crippen molar-refractivity contribution in [2.75, 3.05) is 19.5 Å². The fourth-order valence-corrected chi connectivity index (χ4v) is 2.39. The van der Waals surface area contributed by atoms with Gasteiger partial charge in [0.25, 0.3) is 0 Å². The second kappa shape index (κ2) is 6.67. The van der Waals surface area contributed by atoms with Crippen molar-refractivity contribution in [2.45, 2.75) is 6.18 Å². The van der Waals surface area contributed by atoms with E-state index in [0.29, 0.717) is 5.75 Å². The highest BCUT2D eigenvalue weighted by Crippen LogP contribution is 2.36. The summed E-state index contributed by atoms with van der Waals surface area (Å²) in [6.07, 6.45) is -5.06. The molecule has 0 saturated carbocycles. The van der Waals surface area contributed by atoms with Gasteiger partial charge in [-0.1, -0.05) is 11.6 Å². The first-order valence-corrected chi connectivity index (χ1v) is 7.16. The van der Waals surface area contributed by atoms with E-state index in [4.69, 9.17) is 21.7 Å². The maximum Gasteiger partial charge on any atom is 0.433 e. The third-order valence-corrected chi connectivity index (χ3v) is 3.73. The summed E-state index contributed by atoms with van der Waals surface area (Å²) in [5, 5.41) is 19.8. The number of ether oxygens (including phenoxy) is 1. The lowest BCUT2D eigenvalue weighted by atomic mass is 10.0. The molecule has 1 heterocycles. The van der Waals surface area contributed by atoms with Crippen LogP contribution in [-0.2, 0) is 0 Å². The van der Waals surface area contributed by atoms with E-state index >= 15 is 0 Å². The Balaban J connectivity index is 2.79. The minimum absolute atomic E-state index is 0.132. The van der Waals surface area contributed by atoms with E-state index in [1.54, 1.807) is 0 Å². The molecule has 4 N–H and O–H groups in total. The zero-order chi connectivity index (χ0) is 18.9. The summed E-state index contributed by atoms with van der Waals surface area (Å²) in [6.45, 7) is 0. The molecule has 0 atom stereocenters. The molecule has 0 fully saturated rings. The number of benzene rings is 1. The van der Waals surface area contributed by atoms with Gasteiger partial charge in [-0.05, 0) is 18.2 Å². The average molecular weight is 376 g/mol. The SMILES string of the molecule is CNc1[nH]c(-c2cc(OC)ccc2Cl)c(O)c(=O)c1C(=N)C(F)(F)F. The van der Waals surface area contributed by atoms with Gasteiger partial charge in [0.05, 0.1) is 23.4 Å². The Bertz CT molecular complexity index is 894. The van der Waals surface area contributed by atoms with E-state index < -0.39 is 28.6 Å². The van der Waals surface area contributed by atoms with Crippen LogP contribution in [0.2, 0.25) is 5.02 Å². The van der Waals surface area contributed by atoms with Crippen molar-refractivity contribution in [1.29, 1.82) is 5.41 Å². The highest BCUT2D eigenvalue weighted by molar-refractivity contribution is 6.33. The first kappa shape index (κ1) is 18.7. The zero-order valence-electron chi connectivity index (χ0n) is 13.0. The maximum atomic E-state index is 12.8. The number of H-pyrrole nitrogens is 1. The molecule has 0 saturated heterocycles. The maximum absolute atomic E-state index is 12.8. The Kier molecular flexibility index (Phi) is 4.98. The number of rotatable bonds is 4. The van der Waals surface area contributed by atoms with Crippen molar-refractivity contribution in [3.05, 3.63) is 39.0 Å². The second-order valence-corrected chi connectivity index (χ2v) is 5.30. The number of nitrogens with one attached hydrogen (secondary N) is 3. The second-order valence-electron chi connectivity index (χ2n) is 4.90. The predicted octanol–water partition coefficient (Wildman–Crippen LogP) is 3.38. The normalized spacial score (nSPS) is 11.3. The number of pyridine rings is 1. The number of halogens is 4. The van der Waals surface area contributed by atoms with Crippen LogP contribution in [0.5, 0.6) is 11.5 Å². The molecule has 0 radical (unpaired) electrons. The van der Waals surface area contributed by atoms with Gasteiger partial charge in [0.1, 0.15) is 11.6 Å². The quantitative estimate of drug-likeness (QED) is 0.616. The molecule has 134 valence electrons. The molecule has 1 aromatic carbocycles. The van der Waals surface area contributed by atoms with Crippen molar-refractivity contribution in [3.63, 3.8) is 0 Å². The summed E-state index contributed by atoms with van der Waals surface area (Å²) in [5.74, 6) is -1.00. The van der Waals surface area contributed by atoms with E-state index in [-0.39, 0.29) is 22.1 Å². The van der Waals surface area contributed by atoms with Crippen molar-refractivity contribution in [3.8, 4) is 22.8 Å². The number of hydrogen-bond donors (Lipinski definition) is 4. The third-order valence-electron chi connectivity index (χ3n) is 3.41. The fraction of sp³-hybridized carbons (Fsp3) is 0.200. The van der Waals surface area contributed by atoms with Crippen molar-refractivity contribution < 1.29 is 23.0 Å². The molecule has 6 nitrogen and oxygen atoms in total. The molecular formula is C15H13ClF3N3O3. The van der Waals surface area contributed by atoms with E-state index in [1.165, 1.54) is 32.4 Å². The van der Waals surface area contributed by atoms with Gasteiger partial charge in [-0.2, -0.15) is 13.2 Å². The lowest BCUT2D eigenvalue weighted by Crippen LogP contribution is -2.30. The van der Waals surface area contributed by atoms with Crippen LogP contribution in [0.15, 0.2) is 23.0 Å². The average Bonchev–Trinajstić information content (AvgIpc) is 2.56. The molecule has 0 aliphatic rings. The minimum atomic E-state index is -5.06. The van der Waals surface area contributed by atoms with Crippen LogP contribution in [-0.4, -0.2) is 36.1 Å². The summed E-state index contributed by atoms with van der Waals surface area (Å²) in [5.41, 5.74) is -4.29. The summed E-state index contributed by atoms with van der Waals surface area (Å²) in [6, 6.07) is 4.38. The van der Waals surface area contributed by atoms with Crippen LogP contribution < -0.4 is 15.5 Å². The smallest absolute Gasteiger partial charge is 0.433 e. The molecular weight excluding hydrogens is 363 g/mol. The molecule has 0 unspecified atom stereocenters. The highest BCUT2D eigenvalue weighted by Gasteiger charge is 2.39. The number of hydrogen-bond acceptors (Lipinski definition) is 5. The molecule has 0 spiro atoms. The standard InChI is InChI=1S/C15H13ClF3N3O3/c1-21-14-9(13(20)15(17,18)19)11(23)12(24)10(22-14)7-5-6(25-2)3-4-8(7)16/h3-5,20,24H,1-2H3,(H2,21,22,23). The first-order chi connectivity index (χ1) is 11.6. The van der Waals surface area contributed by atoms with Crippen molar-refractivity contribution in [1.82, 2.24) is 4.98 Å². The van der Waals surface area contributed by atoms with Crippen LogP contribution in [0.4, 0.5) is 19.0 Å². The largest absolute Gasteiger partial charge is 0.503 e. The number of aromatic hydroxyl groups is 1. The van der Waals surface area contributed by atoms with Gasteiger partial charge < -0.3 is 20.1 Å². The zero-order valence-corrected chi connectivity index (χ0v) is 13.8. The summed E-state index contributed by atoms with van der Waals surface area (Å²) < 4.78 is 43.5. The molecule has 2 aromatic rings. The lowest BCUT2D eigenvalue weighted by Gasteiger charge is -2.16. The topological polar surface area (TPSA) is 98.2 Å². The Morgan fingerprint density at radius 1 is 1.40 bits per heavy atom. The van der Waals surface area contributed by atoms with E-state index in [2.05, 4.69) is 10.3 Å².